The molecule has 1 aliphatic heterocycles. The fraction of sp³-hybridized carbons (Fsp3) is 0.636. The van der Waals surface area contributed by atoms with Crippen LogP contribution in [0.25, 0.3) is 0 Å². The fourth-order valence-electron chi connectivity index (χ4n) is 2.36. The Bertz CT molecular complexity index is 267. The first-order valence-electron chi connectivity index (χ1n) is 4.91. The van der Waals surface area contributed by atoms with E-state index in [2.05, 4.69) is 47.0 Å². The van der Waals surface area contributed by atoms with Crippen molar-refractivity contribution >= 4 is 15.9 Å². The van der Waals surface area contributed by atoms with Gasteiger partial charge in [-0.25, -0.2) is 0 Å². The van der Waals surface area contributed by atoms with E-state index in [1.54, 1.807) is 5.57 Å². The van der Waals surface area contributed by atoms with Crippen molar-refractivity contribution in [3.63, 3.8) is 0 Å². The minimum Gasteiger partial charge on any atom is -0.306 e. The quantitative estimate of drug-likeness (QED) is 0.631. The van der Waals surface area contributed by atoms with Gasteiger partial charge >= 0.3 is 0 Å². The van der Waals surface area contributed by atoms with Crippen LogP contribution in [0.5, 0.6) is 0 Å². The van der Waals surface area contributed by atoms with Crippen LogP contribution < -0.4 is 0 Å². The lowest BCUT2D eigenvalue weighted by atomic mass is 9.78. The van der Waals surface area contributed by atoms with Gasteiger partial charge in [-0.05, 0) is 43.3 Å². The molecule has 0 spiro atoms. The summed E-state index contributed by atoms with van der Waals surface area (Å²) in [6, 6.07) is 0. The van der Waals surface area contributed by atoms with Crippen molar-refractivity contribution in [2.75, 3.05) is 20.1 Å². The van der Waals surface area contributed by atoms with Crippen molar-refractivity contribution in [3.8, 4) is 0 Å². The molecule has 0 radical (unpaired) electrons. The van der Waals surface area contributed by atoms with E-state index in [1.807, 2.05) is 0 Å². The van der Waals surface area contributed by atoms with E-state index in [4.69, 9.17) is 0 Å². The molecular weight excluding hydrogens is 226 g/mol. The van der Waals surface area contributed by atoms with Crippen molar-refractivity contribution in [2.45, 2.75) is 13.3 Å². The minimum atomic E-state index is 0.748. The van der Waals surface area contributed by atoms with E-state index in [-0.39, 0.29) is 0 Å². The molecule has 1 heterocycles. The van der Waals surface area contributed by atoms with Gasteiger partial charge in [-0.2, -0.15) is 0 Å². The summed E-state index contributed by atoms with van der Waals surface area (Å²) in [6.07, 6.45) is 5.77. The van der Waals surface area contributed by atoms with E-state index in [0.29, 0.717) is 0 Å². The van der Waals surface area contributed by atoms with E-state index in [0.717, 1.165) is 11.8 Å². The Morgan fingerprint density at radius 2 is 2.15 bits per heavy atom. The molecular formula is C11H16BrN. The second-order valence-electron chi connectivity index (χ2n) is 4.23. The molecule has 0 bridgehead atoms. The Labute approximate surface area is 88.6 Å². The summed E-state index contributed by atoms with van der Waals surface area (Å²) in [4.78, 5) is 2.43. The number of hydrogen-bond acceptors (Lipinski definition) is 1. The third-order valence-corrected chi connectivity index (χ3v) is 4.11. The molecule has 2 atom stereocenters. The molecule has 13 heavy (non-hydrogen) atoms. The van der Waals surface area contributed by atoms with Gasteiger partial charge in [0.05, 0.1) is 0 Å². The molecule has 0 amide bonds. The van der Waals surface area contributed by atoms with Crippen LogP contribution in [0.1, 0.15) is 13.3 Å². The van der Waals surface area contributed by atoms with Gasteiger partial charge in [0.15, 0.2) is 0 Å². The topological polar surface area (TPSA) is 3.24 Å². The molecule has 0 aromatic heterocycles. The SMILES string of the molecule is CC1=CC=C(Br)C2CCN(C)CC12. The number of likely N-dealkylation sites (tertiary alicyclic amines) is 1. The second kappa shape index (κ2) is 3.58. The second-order valence-corrected chi connectivity index (χ2v) is 5.14. The summed E-state index contributed by atoms with van der Waals surface area (Å²) < 4.78 is 1.40. The Balaban J connectivity index is 2.21. The number of rotatable bonds is 0. The van der Waals surface area contributed by atoms with Gasteiger partial charge in [0.2, 0.25) is 0 Å². The number of halogens is 1. The Morgan fingerprint density at radius 1 is 1.38 bits per heavy atom. The number of fused-ring (bicyclic) bond motifs is 1. The van der Waals surface area contributed by atoms with Crippen LogP contribution >= 0.6 is 15.9 Å². The maximum absolute atomic E-state index is 3.68. The highest BCUT2D eigenvalue weighted by Gasteiger charge is 2.31. The van der Waals surface area contributed by atoms with E-state index in [1.165, 1.54) is 24.0 Å². The van der Waals surface area contributed by atoms with Crippen LogP contribution in [-0.4, -0.2) is 25.0 Å². The van der Waals surface area contributed by atoms with Crippen molar-refractivity contribution in [1.82, 2.24) is 4.90 Å². The number of hydrogen-bond donors (Lipinski definition) is 0. The van der Waals surface area contributed by atoms with E-state index >= 15 is 0 Å². The maximum Gasteiger partial charge on any atom is 0.00501 e. The van der Waals surface area contributed by atoms with E-state index < -0.39 is 0 Å². The lowest BCUT2D eigenvalue weighted by Crippen LogP contribution is -2.39. The molecule has 2 unspecified atom stereocenters. The molecule has 1 aliphatic carbocycles. The van der Waals surface area contributed by atoms with Crippen LogP contribution in [-0.2, 0) is 0 Å². The molecule has 0 N–H and O–H groups in total. The molecule has 2 heteroatoms. The number of nitrogens with zero attached hydrogens (tertiary/aromatic N) is 1. The monoisotopic (exact) mass is 241 g/mol. The predicted octanol–water partition coefficient (Wildman–Crippen LogP) is 2.79. The Morgan fingerprint density at radius 3 is 2.92 bits per heavy atom. The van der Waals surface area contributed by atoms with Crippen molar-refractivity contribution in [2.24, 2.45) is 11.8 Å². The van der Waals surface area contributed by atoms with Crippen LogP contribution in [0, 0.1) is 11.8 Å². The maximum atomic E-state index is 3.68. The third kappa shape index (κ3) is 1.75. The predicted molar refractivity (Wildman–Crippen MR) is 59.9 cm³/mol. The molecule has 0 saturated carbocycles. The summed E-state index contributed by atoms with van der Waals surface area (Å²) in [6.45, 7) is 4.71. The van der Waals surface area contributed by atoms with Gasteiger partial charge in [-0.1, -0.05) is 33.7 Å². The zero-order chi connectivity index (χ0) is 9.42. The average molecular weight is 242 g/mol. The van der Waals surface area contributed by atoms with Crippen LogP contribution in [0.2, 0.25) is 0 Å². The smallest absolute Gasteiger partial charge is 0.00501 e. The largest absolute Gasteiger partial charge is 0.306 e. The zero-order valence-corrected chi connectivity index (χ0v) is 9.84. The van der Waals surface area contributed by atoms with Crippen molar-refractivity contribution in [3.05, 3.63) is 22.2 Å². The highest BCUT2D eigenvalue weighted by molar-refractivity contribution is 9.11. The van der Waals surface area contributed by atoms with Gasteiger partial charge in [-0.3, -0.25) is 0 Å². The molecule has 2 rings (SSSR count). The summed E-state index contributed by atoms with van der Waals surface area (Å²) in [5.74, 6) is 1.50. The third-order valence-electron chi connectivity index (χ3n) is 3.26. The van der Waals surface area contributed by atoms with Crippen LogP contribution in [0.4, 0.5) is 0 Å². The first kappa shape index (κ1) is 9.47. The highest BCUT2D eigenvalue weighted by atomic mass is 79.9. The zero-order valence-electron chi connectivity index (χ0n) is 8.26. The Hall–Kier alpha value is -0.0800. The molecule has 2 aliphatic rings. The lowest BCUT2D eigenvalue weighted by molar-refractivity contribution is 0.188. The van der Waals surface area contributed by atoms with Crippen molar-refractivity contribution in [1.29, 1.82) is 0 Å². The van der Waals surface area contributed by atoms with Gasteiger partial charge in [-0.15, -0.1) is 0 Å². The molecule has 1 saturated heterocycles. The molecule has 72 valence electrons. The summed E-state index contributed by atoms with van der Waals surface area (Å²) in [7, 11) is 2.22. The van der Waals surface area contributed by atoms with Gasteiger partial charge in [0.25, 0.3) is 0 Å². The fourth-order valence-corrected chi connectivity index (χ4v) is 3.04. The van der Waals surface area contributed by atoms with Crippen LogP contribution in [0.15, 0.2) is 22.2 Å². The van der Waals surface area contributed by atoms with E-state index in [9.17, 15) is 0 Å². The van der Waals surface area contributed by atoms with Crippen molar-refractivity contribution < 1.29 is 0 Å². The first-order chi connectivity index (χ1) is 6.18. The standard InChI is InChI=1S/C11H16BrN/c1-8-3-4-11(12)9-5-6-13(2)7-10(8)9/h3-4,9-10H,5-7H2,1-2H3. The molecule has 0 aromatic rings. The summed E-state index contributed by atoms with van der Waals surface area (Å²) >= 11 is 3.68. The minimum absolute atomic E-state index is 0.748. The molecule has 1 nitrogen and oxygen atoms in total. The Kier molecular flexibility index (Phi) is 2.61. The average Bonchev–Trinajstić information content (AvgIpc) is 2.12. The summed E-state index contributed by atoms with van der Waals surface area (Å²) in [5.41, 5.74) is 1.54. The first-order valence-corrected chi connectivity index (χ1v) is 5.70. The number of piperidine rings is 1. The van der Waals surface area contributed by atoms with Crippen LogP contribution in [0.3, 0.4) is 0 Å². The highest BCUT2D eigenvalue weighted by Crippen LogP contribution is 2.39. The van der Waals surface area contributed by atoms with Gasteiger partial charge in [0, 0.05) is 6.54 Å². The summed E-state index contributed by atoms with van der Waals surface area (Å²) in [5, 5.41) is 0. The molecule has 1 fully saturated rings. The molecule has 0 aromatic carbocycles. The normalized spacial score (nSPS) is 35.0. The lowest BCUT2D eigenvalue weighted by Gasteiger charge is -2.39. The van der Waals surface area contributed by atoms with Gasteiger partial charge < -0.3 is 4.90 Å². The number of allylic oxidation sites excluding steroid dienone is 3. The van der Waals surface area contributed by atoms with Gasteiger partial charge in [0.1, 0.15) is 0 Å².